The average Bonchev–Trinajstić information content (AvgIpc) is 2.61. The monoisotopic (exact) mass is 361 g/mol. The molecule has 1 saturated heterocycles. The molecule has 0 radical (unpaired) electrons. The van der Waals surface area contributed by atoms with Crippen LogP contribution in [0.25, 0.3) is 0 Å². The highest BCUT2D eigenvalue weighted by Gasteiger charge is 2.30. The molecule has 1 fully saturated rings. The number of amides is 1. The maximum absolute atomic E-state index is 11.9. The summed E-state index contributed by atoms with van der Waals surface area (Å²) in [6.45, 7) is 2.69. The first-order chi connectivity index (χ1) is 8.02. The molecule has 1 atom stereocenters. The lowest BCUT2D eigenvalue weighted by atomic mass is 10.2. The fourth-order valence-corrected chi connectivity index (χ4v) is 2.81. The average molecular weight is 363 g/mol. The van der Waals surface area contributed by atoms with E-state index in [9.17, 15) is 4.79 Å². The van der Waals surface area contributed by atoms with Crippen LogP contribution in [0, 0.1) is 6.92 Å². The topological polar surface area (TPSA) is 29.5 Å². The summed E-state index contributed by atoms with van der Waals surface area (Å²) < 4.78 is 6.32. The number of carbonyl (C=O) groups is 1. The van der Waals surface area contributed by atoms with Crippen molar-refractivity contribution in [2.45, 2.75) is 18.2 Å². The van der Waals surface area contributed by atoms with E-state index in [1.165, 1.54) is 0 Å². The van der Waals surface area contributed by atoms with Crippen LogP contribution in [0.5, 0.6) is 5.75 Å². The number of benzene rings is 1. The Morgan fingerprint density at radius 2 is 2.18 bits per heavy atom. The Labute approximate surface area is 117 Å². The number of anilines is 1. The normalized spacial score (nSPS) is 19.9. The Balaban J connectivity index is 2.44. The minimum absolute atomic E-state index is 0.131. The van der Waals surface area contributed by atoms with E-state index < -0.39 is 0 Å². The number of rotatable bonds is 2. The summed E-state index contributed by atoms with van der Waals surface area (Å²) in [7, 11) is 1.62. The predicted molar refractivity (Wildman–Crippen MR) is 75.1 cm³/mol. The van der Waals surface area contributed by atoms with Gasteiger partial charge in [-0.3, -0.25) is 4.79 Å². The fraction of sp³-hybridized carbons (Fsp3) is 0.417. The number of alkyl halides is 1. The van der Waals surface area contributed by atoms with Crippen LogP contribution >= 0.6 is 31.9 Å². The van der Waals surface area contributed by atoms with Crippen molar-refractivity contribution < 1.29 is 9.53 Å². The van der Waals surface area contributed by atoms with Crippen molar-refractivity contribution in [1.29, 1.82) is 0 Å². The van der Waals surface area contributed by atoms with Crippen LogP contribution in [0.4, 0.5) is 5.69 Å². The smallest absolute Gasteiger partial charge is 0.228 e. The van der Waals surface area contributed by atoms with Gasteiger partial charge in [0.2, 0.25) is 5.91 Å². The van der Waals surface area contributed by atoms with E-state index in [1.807, 2.05) is 19.1 Å². The lowest BCUT2D eigenvalue weighted by molar-refractivity contribution is -0.117. The number of hydrogen-bond donors (Lipinski definition) is 0. The Bertz CT molecular complexity index is 462. The van der Waals surface area contributed by atoms with Gasteiger partial charge >= 0.3 is 0 Å². The highest BCUT2D eigenvalue weighted by molar-refractivity contribution is 9.10. The number of aryl methyl sites for hydroxylation is 1. The number of halogens is 2. The maximum atomic E-state index is 11.9. The summed E-state index contributed by atoms with van der Waals surface area (Å²) in [6.07, 6.45) is 0.540. The number of carbonyl (C=O) groups excluding carboxylic acids is 1. The molecule has 3 nitrogen and oxygen atoms in total. The highest BCUT2D eigenvalue weighted by atomic mass is 79.9. The molecule has 1 aromatic carbocycles. The number of nitrogens with zero attached hydrogens (tertiary/aromatic N) is 1. The number of hydrogen-bond acceptors (Lipinski definition) is 2. The second-order valence-electron chi connectivity index (χ2n) is 4.08. The maximum Gasteiger partial charge on any atom is 0.228 e. The van der Waals surface area contributed by atoms with Gasteiger partial charge in [0.1, 0.15) is 5.75 Å². The zero-order chi connectivity index (χ0) is 12.6. The van der Waals surface area contributed by atoms with Crippen molar-refractivity contribution in [3.8, 4) is 5.75 Å². The van der Waals surface area contributed by atoms with Crippen LogP contribution in [0.15, 0.2) is 16.6 Å². The van der Waals surface area contributed by atoms with Crippen LogP contribution < -0.4 is 9.64 Å². The second kappa shape index (κ2) is 4.98. The minimum Gasteiger partial charge on any atom is -0.495 e. The summed E-state index contributed by atoms with van der Waals surface area (Å²) in [5.74, 6) is 0.851. The van der Waals surface area contributed by atoms with Gasteiger partial charge in [0.15, 0.2) is 0 Å². The molecule has 0 N–H and O–H groups in total. The molecule has 92 valence electrons. The largest absolute Gasteiger partial charge is 0.495 e. The van der Waals surface area contributed by atoms with Crippen LogP contribution in [0.3, 0.4) is 0 Å². The lowest BCUT2D eigenvalue weighted by Crippen LogP contribution is -2.25. The fourth-order valence-electron chi connectivity index (χ4n) is 1.92. The summed E-state index contributed by atoms with van der Waals surface area (Å²) in [4.78, 5) is 13.9. The first kappa shape index (κ1) is 12.9. The van der Waals surface area contributed by atoms with Gasteiger partial charge in [0, 0.05) is 22.3 Å². The Morgan fingerprint density at radius 1 is 1.47 bits per heavy atom. The molecule has 1 aliphatic rings. The van der Waals surface area contributed by atoms with Gasteiger partial charge in [-0.15, -0.1) is 0 Å². The predicted octanol–water partition coefficient (Wildman–Crippen LogP) is 3.27. The van der Waals surface area contributed by atoms with Gasteiger partial charge in [0.05, 0.1) is 12.8 Å². The van der Waals surface area contributed by atoms with Crippen molar-refractivity contribution in [3.63, 3.8) is 0 Å². The first-order valence-corrected chi connectivity index (χ1v) is 7.02. The van der Waals surface area contributed by atoms with Crippen molar-refractivity contribution in [2.75, 3.05) is 18.6 Å². The van der Waals surface area contributed by atoms with Gasteiger partial charge < -0.3 is 9.64 Å². The molecular weight excluding hydrogens is 350 g/mol. The number of methoxy groups -OCH3 is 1. The molecule has 0 bridgehead atoms. The summed E-state index contributed by atoms with van der Waals surface area (Å²) in [5, 5.41) is 0. The van der Waals surface area contributed by atoms with Gasteiger partial charge in [-0.2, -0.15) is 0 Å². The molecule has 1 aliphatic heterocycles. The van der Waals surface area contributed by atoms with E-state index in [1.54, 1.807) is 12.0 Å². The van der Waals surface area contributed by atoms with Gasteiger partial charge in [-0.05, 0) is 24.6 Å². The highest BCUT2D eigenvalue weighted by Crippen LogP contribution is 2.36. The molecule has 0 aliphatic carbocycles. The Morgan fingerprint density at radius 3 is 2.71 bits per heavy atom. The zero-order valence-corrected chi connectivity index (χ0v) is 12.8. The standard InChI is InChI=1S/C12H13Br2NO2/c1-7-3-10(11(17-2)5-9(7)14)15-6-8(13)4-12(15)16/h3,5,8H,4,6H2,1-2H3. The van der Waals surface area contributed by atoms with Crippen molar-refractivity contribution in [3.05, 3.63) is 22.2 Å². The molecule has 2 rings (SSSR count). The molecule has 1 heterocycles. The van der Waals surface area contributed by atoms with Crippen LogP contribution in [-0.2, 0) is 4.79 Å². The quantitative estimate of drug-likeness (QED) is 0.755. The van der Waals surface area contributed by atoms with Crippen LogP contribution in [-0.4, -0.2) is 24.4 Å². The van der Waals surface area contributed by atoms with Crippen molar-refractivity contribution >= 4 is 43.5 Å². The Kier molecular flexibility index (Phi) is 3.78. The molecular formula is C12H13Br2NO2. The molecule has 1 aromatic rings. The first-order valence-electron chi connectivity index (χ1n) is 5.31. The number of ether oxygens (including phenoxy) is 1. The van der Waals surface area contributed by atoms with E-state index in [-0.39, 0.29) is 10.7 Å². The van der Waals surface area contributed by atoms with Crippen molar-refractivity contribution in [1.82, 2.24) is 0 Å². The third-order valence-corrected chi connectivity index (χ3v) is 4.30. The molecule has 1 amide bonds. The Hall–Kier alpha value is -0.550. The van der Waals surface area contributed by atoms with Crippen molar-refractivity contribution in [2.24, 2.45) is 0 Å². The minimum atomic E-state index is 0.131. The molecule has 5 heteroatoms. The van der Waals surface area contributed by atoms with Crippen LogP contribution in [0.2, 0.25) is 0 Å². The third-order valence-electron chi connectivity index (χ3n) is 2.83. The molecule has 17 heavy (non-hydrogen) atoms. The van der Waals surface area contributed by atoms with E-state index in [0.717, 1.165) is 21.5 Å². The molecule has 1 unspecified atom stereocenters. The van der Waals surface area contributed by atoms with E-state index >= 15 is 0 Å². The van der Waals surface area contributed by atoms with Crippen LogP contribution in [0.1, 0.15) is 12.0 Å². The molecule has 0 saturated carbocycles. The summed E-state index contributed by atoms with van der Waals surface area (Å²) in [5.41, 5.74) is 1.94. The summed E-state index contributed by atoms with van der Waals surface area (Å²) >= 11 is 6.95. The molecule has 0 aromatic heterocycles. The molecule has 0 spiro atoms. The lowest BCUT2D eigenvalue weighted by Gasteiger charge is -2.20. The van der Waals surface area contributed by atoms with Gasteiger partial charge in [-0.1, -0.05) is 31.9 Å². The zero-order valence-electron chi connectivity index (χ0n) is 9.67. The van der Waals surface area contributed by atoms with Gasteiger partial charge in [-0.25, -0.2) is 0 Å². The van der Waals surface area contributed by atoms with Gasteiger partial charge in [0.25, 0.3) is 0 Å². The SMILES string of the molecule is COc1cc(Br)c(C)cc1N1CC(Br)CC1=O. The van der Waals surface area contributed by atoms with E-state index in [4.69, 9.17) is 4.74 Å². The summed E-state index contributed by atoms with van der Waals surface area (Å²) in [6, 6.07) is 3.88. The van der Waals surface area contributed by atoms with E-state index in [2.05, 4.69) is 31.9 Å². The third kappa shape index (κ3) is 2.50. The van der Waals surface area contributed by atoms with E-state index in [0.29, 0.717) is 13.0 Å². The second-order valence-corrected chi connectivity index (χ2v) is 6.23.